The molecular weight excluding hydrogens is 346 g/mol. The van der Waals surface area contributed by atoms with Gasteiger partial charge in [-0.3, -0.25) is 4.79 Å². The van der Waals surface area contributed by atoms with Crippen molar-refractivity contribution in [2.45, 2.75) is 9.79 Å². The first-order valence-electron chi connectivity index (χ1n) is 6.26. The molecule has 0 unspecified atom stereocenters. The van der Waals surface area contributed by atoms with Gasteiger partial charge in [0.15, 0.2) is 11.6 Å². The zero-order chi connectivity index (χ0) is 17.0. The van der Waals surface area contributed by atoms with Crippen molar-refractivity contribution in [1.29, 1.82) is 0 Å². The van der Waals surface area contributed by atoms with Gasteiger partial charge >= 0.3 is 0 Å². The Morgan fingerprint density at radius 2 is 1.87 bits per heavy atom. The lowest BCUT2D eigenvalue weighted by molar-refractivity contribution is -0.113. The molecule has 5 nitrogen and oxygen atoms in total. The highest BCUT2D eigenvalue weighted by Crippen LogP contribution is 2.21. The number of anilines is 1. The van der Waals surface area contributed by atoms with Crippen molar-refractivity contribution in [3.63, 3.8) is 0 Å². The monoisotopic (exact) mass is 358 g/mol. The SMILES string of the molecule is NS(=O)(=O)c1cccc(NC(=O)CSc2ccc(F)c(F)c2)c1. The van der Waals surface area contributed by atoms with Crippen LogP contribution in [-0.2, 0) is 14.8 Å². The molecule has 0 heterocycles. The first-order chi connectivity index (χ1) is 10.8. The van der Waals surface area contributed by atoms with Crippen molar-refractivity contribution in [2.24, 2.45) is 5.14 Å². The van der Waals surface area contributed by atoms with Gasteiger partial charge in [-0.2, -0.15) is 0 Å². The number of sulfonamides is 1. The molecule has 122 valence electrons. The number of hydrogen-bond acceptors (Lipinski definition) is 4. The molecule has 0 radical (unpaired) electrons. The molecule has 23 heavy (non-hydrogen) atoms. The highest BCUT2D eigenvalue weighted by Gasteiger charge is 2.10. The molecule has 0 bridgehead atoms. The summed E-state index contributed by atoms with van der Waals surface area (Å²) in [4.78, 5) is 12.1. The summed E-state index contributed by atoms with van der Waals surface area (Å²) < 4.78 is 48.3. The Labute approximate surface area is 135 Å². The second-order valence-corrected chi connectivity index (χ2v) is 7.10. The van der Waals surface area contributed by atoms with Gasteiger partial charge in [0.1, 0.15) is 0 Å². The lowest BCUT2D eigenvalue weighted by atomic mass is 10.3. The van der Waals surface area contributed by atoms with Gasteiger partial charge in [0.25, 0.3) is 0 Å². The average molecular weight is 358 g/mol. The van der Waals surface area contributed by atoms with E-state index in [1.807, 2.05) is 0 Å². The molecule has 0 fully saturated rings. The number of halogens is 2. The molecule has 9 heteroatoms. The van der Waals surface area contributed by atoms with Crippen molar-refractivity contribution in [3.8, 4) is 0 Å². The van der Waals surface area contributed by atoms with E-state index >= 15 is 0 Å². The number of carbonyl (C=O) groups is 1. The van der Waals surface area contributed by atoms with E-state index in [1.165, 1.54) is 30.3 Å². The van der Waals surface area contributed by atoms with Gasteiger partial charge in [-0.1, -0.05) is 6.07 Å². The van der Waals surface area contributed by atoms with Gasteiger partial charge < -0.3 is 5.32 Å². The quantitative estimate of drug-likeness (QED) is 0.803. The molecular formula is C14H12F2N2O3S2. The summed E-state index contributed by atoms with van der Waals surface area (Å²) >= 11 is 1.02. The summed E-state index contributed by atoms with van der Waals surface area (Å²) in [5.41, 5.74) is 0.271. The van der Waals surface area contributed by atoms with Crippen LogP contribution in [0.3, 0.4) is 0 Å². The minimum absolute atomic E-state index is 0.0509. The predicted molar refractivity (Wildman–Crippen MR) is 83.5 cm³/mol. The van der Waals surface area contributed by atoms with E-state index < -0.39 is 27.6 Å². The lowest BCUT2D eigenvalue weighted by Gasteiger charge is -2.07. The molecule has 2 aromatic rings. The first-order valence-corrected chi connectivity index (χ1v) is 8.79. The summed E-state index contributed by atoms with van der Waals surface area (Å²) in [5.74, 6) is -2.42. The van der Waals surface area contributed by atoms with Crippen LogP contribution in [0.2, 0.25) is 0 Å². The number of nitrogens with one attached hydrogen (secondary N) is 1. The van der Waals surface area contributed by atoms with Gasteiger partial charge in [-0.25, -0.2) is 22.3 Å². The highest BCUT2D eigenvalue weighted by atomic mass is 32.2. The minimum Gasteiger partial charge on any atom is -0.325 e. The smallest absolute Gasteiger partial charge is 0.238 e. The molecule has 1 amide bonds. The number of benzene rings is 2. The second-order valence-electron chi connectivity index (χ2n) is 4.49. The fraction of sp³-hybridized carbons (Fsp3) is 0.0714. The van der Waals surface area contributed by atoms with Crippen molar-refractivity contribution in [1.82, 2.24) is 0 Å². The molecule has 2 aromatic carbocycles. The molecule has 2 rings (SSSR count). The Hall–Kier alpha value is -1.97. The topological polar surface area (TPSA) is 89.3 Å². The van der Waals surface area contributed by atoms with Crippen LogP contribution in [0.4, 0.5) is 14.5 Å². The molecule has 0 saturated heterocycles. The van der Waals surface area contributed by atoms with Crippen LogP contribution < -0.4 is 10.5 Å². The number of amides is 1. The van der Waals surface area contributed by atoms with Gasteiger partial charge in [-0.15, -0.1) is 11.8 Å². The van der Waals surface area contributed by atoms with E-state index in [2.05, 4.69) is 5.32 Å². The van der Waals surface area contributed by atoms with E-state index in [9.17, 15) is 22.0 Å². The summed E-state index contributed by atoms with van der Waals surface area (Å²) in [7, 11) is -3.86. The molecule has 0 aromatic heterocycles. The number of carbonyl (C=O) groups excluding carboxylic acids is 1. The molecule has 0 spiro atoms. The third kappa shape index (κ3) is 5.02. The van der Waals surface area contributed by atoms with Crippen LogP contribution in [0.15, 0.2) is 52.3 Å². The van der Waals surface area contributed by atoms with Crippen molar-refractivity contribution < 1.29 is 22.0 Å². The van der Waals surface area contributed by atoms with Crippen LogP contribution in [-0.4, -0.2) is 20.1 Å². The molecule has 3 N–H and O–H groups in total. The number of primary sulfonamides is 1. The van der Waals surface area contributed by atoms with Crippen LogP contribution in [0.25, 0.3) is 0 Å². The van der Waals surface area contributed by atoms with Gasteiger partial charge in [0.2, 0.25) is 15.9 Å². The Kier molecular flexibility index (Phi) is 5.34. The van der Waals surface area contributed by atoms with Gasteiger partial charge in [0, 0.05) is 10.6 Å². The van der Waals surface area contributed by atoms with E-state index in [-0.39, 0.29) is 16.3 Å². The third-order valence-corrected chi connectivity index (χ3v) is 4.61. The Morgan fingerprint density at radius 1 is 1.13 bits per heavy atom. The van der Waals surface area contributed by atoms with Crippen LogP contribution in [0.1, 0.15) is 0 Å². The van der Waals surface area contributed by atoms with E-state index in [1.54, 1.807) is 0 Å². The summed E-state index contributed by atoms with van der Waals surface area (Å²) in [5, 5.41) is 7.51. The maximum absolute atomic E-state index is 13.0. The number of nitrogens with two attached hydrogens (primary N) is 1. The Morgan fingerprint density at radius 3 is 2.52 bits per heavy atom. The maximum atomic E-state index is 13.0. The number of hydrogen-bond donors (Lipinski definition) is 2. The standard InChI is InChI=1S/C14H12F2N2O3S2/c15-12-5-4-10(7-13(12)16)22-8-14(19)18-9-2-1-3-11(6-9)23(17,20)21/h1-7H,8H2,(H,18,19)(H2,17,20,21). The summed E-state index contributed by atoms with van der Waals surface area (Å²) in [6.45, 7) is 0. The average Bonchev–Trinajstić information content (AvgIpc) is 2.48. The molecule has 0 aliphatic heterocycles. The fourth-order valence-corrected chi connectivity index (χ4v) is 2.94. The van der Waals surface area contributed by atoms with Crippen molar-refractivity contribution in [3.05, 3.63) is 54.1 Å². The summed E-state index contributed by atoms with van der Waals surface area (Å²) in [6.07, 6.45) is 0. The van der Waals surface area contributed by atoms with Crippen molar-refractivity contribution >= 4 is 33.4 Å². The number of thioether (sulfide) groups is 1. The van der Waals surface area contributed by atoms with Crippen LogP contribution in [0, 0.1) is 11.6 Å². The summed E-state index contributed by atoms with van der Waals surface area (Å²) in [6, 6.07) is 8.82. The third-order valence-electron chi connectivity index (χ3n) is 2.71. The molecule has 0 saturated carbocycles. The predicted octanol–water partition coefficient (Wildman–Crippen LogP) is 2.34. The van der Waals surface area contributed by atoms with Crippen LogP contribution in [0.5, 0.6) is 0 Å². The Bertz CT molecular complexity index is 842. The molecule has 0 aliphatic rings. The first kappa shape index (κ1) is 17.4. The van der Waals surface area contributed by atoms with Gasteiger partial charge in [-0.05, 0) is 36.4 Å². The van der Waals surface area contributed by atoms with Crippen molar-refractivity contribution in [2.75, 3.05) is 11.1 Å². The fourth-order valence-electron chi connectivity index (χ4n) is 1.66. The lowest BCUT2D eigenvalue weighted by Crippen LogP contribution is -2.16. The number of rotatable bonds is 5. The largest absolute Gasteiger partial charge is 0.325 e. The highest BCUT2D eigenvalue weighted by molar-refractivity contribution is 8.00. The van der Waals surface area contributed by atoms with Crippen LogP contribution >= 0.6 is 11.8 Å². The maximum Gasteiger partial charge on any atom is 0.238 e. The van der Waals surface area contributed by atoms with E-state index in [0.29, 0.717) is 4.90 Å². The molecule has 0 aliphatic carbocycles. The molecule has 0 atom stereocenters. The minimum atomic E-state index is -3.86. The van der Waals surface area contributed by atoms with Gasteiger partial charge in [0.05, 0.1) is 10.6 Å². The second kappa shape index (κ2) is 7.07. The van der Waals surface area contributed by atoms with E-state index in [4.69, 9.17) is 5.14 Å². The van der Waals surface area contributed by atoms with E-state index in [0.717, 1.165) is 23.9 Å². The zero-order valence-electron chi connectivity index (χ0n) is 11.6. The zero-order valence-corrected chi connectivity index (χ0v) is 13.3. The normalized spacial score (nSPS) is 11.3. The Balaban J connectivity index is 1.98.